The van der Waals surface area contributed by atoms with Gasteiger partial charge in [-0.05, 0) is 64.9 Å². The summed E-state index contributed by atoms with van der Waals surface area (Å²) in [5.41, 5.74) is 9.67. The highest BCUT2D eigenvalue weighted by molar-refractivity contribution is 9.10. The molecule has 1 nitrogen and oxygen atoms in total. The number of halogens is 1. The number of hydrogen-bond donors (Lipinski definition) is 1. The normalized spacial score (nSPS) is 16.4. The molecule has 70 valence electrons. The molecule has 0 saturated heterocycles. The molecule has 1 aromatic carbocycles. The Morgan fingerprint density at radius 3 is 2.31 bits per heavy atom. The van der Waals surface area contributed by atoms with Crippen molar-refractivity contribution in [1.82, 2.24) is 0 Å². The zero-order chi connectivity index (χ0) is 9.26. The maximum Gasteiger partial charge on any atom is 0.0461 e. The lowest BCUT2D eigenvalue weighted by Gasteiger charge is -2.08. The molecule has 2 N–H and O–H groups in total. The van der Waals surface area contributed by atoms with Crippen LogP contribution in [0.1, 0.15) is 30.4 Å². The smallest absolute Gasteiger partial charge is 0.0461 e. The van der Waals surface area contributed by atoms with Crippen LogP contribution >= 0.6 is 15.9 Å². The first-order valence-electron chi connectivity index (χ1n) is 4.84. The topological polar surface area (TPSA) is 26.0 Å². The fourth-order valence-corrected chi connectivity index (χ4v) is 2.34. The number of anilines is 1. The van der Waals surface area contributed by atoms with Gasteiger partial charge in [-0.15, -0.1) is 0 Å². The molecule has 0 heterocycles. The van der Waals surface area contributed by atoms with Crippen LogP contribution in [0.25, 0.3) is 0 Å². The van der Waals surface area contributed by atoms with Crippen molar-refractivity contribution in [3.8, 4) is 0 Å². The Labute approximate surface area is 87.5 Å². The van der Waals surface area contributed by atoms with Gasteiger partial charge in [0.1, 0.15) is 0 Å². The van der Waals surface area contributed by atoms with Crippen LogP contribution in [0.2, 0.25) is 0 Å². The molecular formula is C11H14BrN. The van der Waals surface area contributed by atoms with E-state index in [1.165, 1.54) is 43.2 Å². The number of benzene rings is 1. The van der Waals surface area contributed by atoms with E-state index in [9.17, 15) is 0 Å². The molecule has 0 bridgehead atoms. The second-order valence-electron chi connectivity index (χ2n) is 3.70. The van der Waals surface area contributed by atoms with E-state index in [-0.39, 0.29) is 0 Å². The largest absolute Gasteiger partial charge is 0.398 e. The summed E-state index contributed by atoms with van der Waals surface area (Å²) < 4.78 is 1.05. The molecule has 0 amide bonds. The zero-order valence-corrected chi connectivity index (χ0v) is 9.23. The van der Waals surface area contributed by atoms with Crippen molar-refractivity contribution >= 4 is 21.6 Å². The molecule has 1 aromatic rings. The van der Waals surface area contributed by atoms with Crippen LogP contribution in [0.3, 0.4) is 0 Å². The van der Waals surface area contributed by atoms with Crippen LogP contribution in [0.5, 0.6) is 0 Å². The van der Waals surface area contributed by atoms with Gasteiger partial charge in [0.25, 0.3) is 0 Å². The molecule has 2 heteroatoms. The van der Waals surface area contributed by atoms with Gasteiger partial charge in [0, 0.05) is 10.2 Å². The van der Waals surface area contributed by atoms with Gasteiger partial charge in [0.15, 0.2) is 0 Å². The van der Waals surface area contributed by atoms with E-state index < -0.39 is 0 Å². The number of hydrogen-bond acceptors (Lipinski definition) is 1. The third kappa shape index (κ3) is 1.88. The van der Waals surface area contributed by atoms with Crippen LogP contribution < -0.4 is 5.73 Å². The first-order chi connectivity index (χ1) is 6.27. The first-order valence-corrected chi connectivity index (χ1v) is 5.63. The predicted molar refractivity (Wildman–Crippen MR) is 59.8 cm³/mol. The Hall–Kier alpha value is -0.500. The number of nitrogen functional groups attached to an aromatic ring is 1. The molecule has 0 saturated carbocycles. The van der Waals surface area contributed by atoms with Crippen molar-refractivity contribution in [3.63, 3.8) is 0 Å². The van der Waals surface area contributed by atoms with Crippen LogP contribution in [-0.2, 0) is 12.8 Å². The minimum Gasteiger partial charge on any atom is -0.398 e. The van der Waals surface area contributed by atoms with Crippen molar-refractivity contribution in [2.45, 2.75) is 32.1 Å². The van der Waals surface area contributed by atoms with Gasteiger partial charge in [-0.1, -0.05) is 6.42 Å². The van der Waals surface area contributed by atoms with E-state index in [1.54, 1.807) is 0 Å². The quantitative estimate of drug-likeness (QED) is 0.546. The summed E-state index contributed by atoms with van der Waals surface area (Å²) in [5.74, 6) is 0. The summed E-state index contributed by atoms with van der Waals surface area (Å²) in [4.78, 5) is 0. The molecule has 1 aliphatic rings. The van der Waals surface area contributed by atoms with E-state index in [2.05, 4.69) is 28.1 Å². The van der Waals surface area contributed by atoms with Gasteiger partial charge < -0.3 is 5.73 Å². The molecule has 13 heavy (non-hydrogen) atoms. The lowest BCUT2D eigenvalue weighted by molar-refractivity contribution is 0.711. The molecule has 0 aliphatic heterocycles. The zero-order valence-electron chi connectivity index (χ0n) is 7.65. The van der Waals surface area contributed by atoms with Gasteiger partial charge in [-0.3, -0.25) is 0 Å². The van der Waals surface area contributed by atoms with E-state index in [4.69, 9.17) is 5.73 Å². The van der Waals surface area contributed by atoms with E-state index in [1.807, 2.05) is 0 Å². The Morgan fingerprint density at radius 2 is 1.62 bits per heavy atom. The minimum absolute atomic E-state index is 0.876. The Bertz CT molecular complexity index is 289. The second-order valence-corrected chi connectivity index (χ2v) is 4.56. The van der Waals surface area contributed by atoms with Gasteiger partial charge >= 0.3 is 0 Å². The standard InChI is InChI=1S/C11H14BrN/c12-10-6-8-4-2-1-3-5-9(8)7-11(10)13/h6-7H,1-5,13H2. The molecule has 0 radical (unpaired) electrons. The van der Waals surface area contributed by atoms with Crippen molar-refractivity contribution in [2.24, 2.45) is 0 Å². The van der Waals surface area contributed by atoms with E-state index in [0.717, 1.165) is 10.2 Å². The summed E-state index contributed by atoms with van der Waals surface area (Å²) >= 11 is 3.47. The van der Waals surface area contributed by atoms with Crippen LogP contribution in [-0.4, -0.2) is 0 Å². The average Bonchev–Trinajstić information content (AvgIpc) is 2.31. The number of rotatable bonds is 0. The van der Waals surface area contributed by atoms with Crippen molar-refractivity contribution in [2.75, 3.05) is 5.73 Å². The summed E-state index contributed by atoms with van der Waals surface area (Å²) in [7, 11) is 0. The van der Waals surface area contributed by atoms with Gasteiger partial charge in [-0.2, -0.15) is 0 Å². The highest BCUT2D eigenvalue weighted by Gasteiger charge is 2.09. The Morgan fingerprint density at radius 1 is 1.00 bits per heavy atom. The summed E-state index contributed by atoms with van der Waals surface area (Å²) in [6.45, 7) is 0. The molecular weight excluding hydrogens is 226 g/mol. The van der Waals surface area contributed by atoms with Crippen molar-refractivity contribution in [1.29, 1.82) is 0 Å². The number of aryl methyl sites for hydroxylation is 2. The lowest BCUT2D eigenvalue weighted by Crippen LogP contribution is -1.95. The van der Waals surface area contributed by atoms with Crippen LogP contribution in [0, 0.1) is 0 Å². The monoisotopic (exact) mass is 239 g/mol. The molecule has 2 rings (SSSR count). The maximum absolute atomic E-state index is 5.85. The molecule has 0 spiro atoms. The van der Waals surface area contributed by atoms with Gasteiger partial charge in [0.2, 0.25) is 0 Å². The molecule has 1 aliphatic carbocycles. The summed E-state index contributed by atoms with van der Waals surface area (Å²) in [6, 6.07) is 4.32. The number of fused-ring (bicyclic) bond motifs is 1. The first kappa shape index (κ1) is 9.07. The van der Waals surface area contributed by atoms with Crippen molar-refractivity contribution in [3.05, 3.63) is 27.7 Å². The maximum atomic E-state index is 5.85. The SMILES string of the molecule is Nc1cc2c(cc1Br)CCCCC2. The summed E-state index contributed by atoms with van der Waals surface area (Å²) in [6.07, 6.45) is 6.41. The summed E-state index contributed by atoms with van der Waals surface area (Å²) in [5, 5.41) is 0. The molecule has 0 fully saturated rings. The van der Waals surface area contributed by atoms with E-state index in [0.29, 0.717) is 0 Å². The second kappa shape index (κ2) is 3.70. The van der Waals surface area contributed by atoms with E-state index >= 15 is 0 Å². The van der Waals surface area contributed by atoms with Crippen LogP contribution in [0.4, 0.5) is 5.69 Å². The van der Waals surface area contributed by atoms with Gasteiger partial charge in [0.05, 0.1) is 0 Å². The highest BCUT2D eigenvalue weighted by Crippen LogP contribution is 2.28. The minimum atomic E-state index is 0.876. The van der Waals surface area contributed by atoms with Crippen LogP contribution in [0.15, 0.2) is 16.6 Å². The molecule has 0 aromatic heterocycles. The Balaban J connectivity index is 2.43. The highest BCUT2D eigenvalue weighted by atomic mass is 79.9. The third-order valence-corrected chi connectivity index (χ3v) is 3.40. The fraction of sp³-hybridized carbons (Fsp3) is 0.455. The van der Waals surface area contributed by atoms with Crippen molar-refractivity contribution < 1.29 is 0 Å². The predicted octanol–water partition coefficient (Wildman–Crippen LogP) is 3.30. The number of nitrogens with two attached hydrogens (primary N) is 1. The van der Waals surface area contributed by atoms with Gasteiger partial charge in [-0.25, -0.2) is 0 Å². The molecule has 0 unspecified atom stereocenters. The third-order valence-electron chi connectivity index (χ3n) is 2.71. The molecule has 0 atom stereocenters. The average molecular weight is 240 g/mol. The fourth-order valence-electron chi connectivity index (χ4n) is 1.95. The lowest BCUT2D eigenvalue weighted by atomic mass is 10.0. The Kier molecular flexibility index (Phi) is 2.58.